The average molecular weight is 325 g/mol. The Kier molecular flexibility index (Phi) is 5.00. The molecule has 0 amide bonds. The van der Waals surface area contributed by atoms with E-state index >= 15 is 0 Å². The second kappa shape index (κ2) is 6.30. The van der Waals surface area contributed by atoms with Crippen molar-refractivity contribution in [3.63, 3.8) is 0 Å². The van der Waals surface area contributed by atoms with Crippen LogP contribution in [0.5, 0.6) is 0 Å². The Balaban J connectivity index is 1.83. The first kappa shape index (κ1) is 17.4. The number of benzene rings is 1. The van der Waals surface area contributed by atoms with Gasteiger partial charge in [-0.15, -0.1) is 0 Å². The van der Waals surface area contributed by atoms with E-state index in [1.807, 2.05) is 6.07 Å². The Hall–Kier alpha value is -0.910. The van der Waals surface area contributed by atoms with Gasteiger partial charge in [-0.2, -0.15) is 0 Å². The molecule has 1 aromatic rings. The molecule has 1 aliphatic rings. The Morgan fingerprint density at radius 1 is 1.18 bits per heavy atom. The molecule has 1 aliphatic heterocycles. The van der Waals surface area contributed by atoms with Crippen LogP contribution in [0.2, 0.25) is 0 Å². The van der Waals surface area contributed by atoms with Gasteiger partial charge in [0.1, 0.15) is 0 Å². The molecule has 0 bridgehead atoms. The van der Waals surface area contributed by atoms with E-state index in [1.165, 1.54) is 0 Å². The second-order valence-electron chi connectivity index (χ2n) is 7.16. The highest BCUT2D eigenvalue weighted by Gasteiger charge is 2.45. The summed E-state index contributed by atoms with van der Waals surface area (Å²) in [5, 5.41) is 3.46. The second-order valence-corrected chi connectivity index (χ2v) is 9.27. The first-order chi connectivity index (χ1) is 10.1. The van der Waals surface area contributed by atoms with Gasteiger partial charge in [-0.1, -0.05) is 18.2 Å². The zero-order valence-electron chi connectivity index (χ0n) is 13.9. The summed E-state index contributed by atoms with van der Waals surface area (Å²) in [6.45, 7) is 9.03. The fourth-order valence-corrected chi connectivity index (χ4v) is 4.50. The molecule has 1 aromatic carbocycles. The van der Waals surface area contributed by atoms with Crippen molar-refractivity contribution in [2.24, 2.45) is 0 Å². The summed E-state index contributed by atoms with van der Waals surface area (Å²) in [6, 6.07) is 8.89. The highest BCUT2D eigenvalue weighted by Crippen LogP contribution is 2.37. The van der Waals surface area contributed by atoms with Gasteiger partial charge in [0.25, 0.3) is 0 Å². The maximum atomic E-state index is 12.2. The fraction of sp³-hybridized carbons (Fsp3) is 0.647. The zero-order valence-corrected chi connectivity index (χ0v) is 14.7. The number of hydrogen-bond acceptors (Lipinski definition) is 4. The van der Waals surface area contributed by atoms with Gasteiger partial charge < -0.3 is 10.1 Å². The van der Waals surface area contributed by atoms with Crippen molar-refractivity contribution in [3.8, 4) is 0 Å². The van der Waals surface area contributed by atoms with Crippen LogP contribution in [-0.2, 0) is 14.6 Å². The van der Waals surface area contributed by atoms with Gasteiger partial charge in [0.2, 0.25) is 0 Å². The maximum absolute atomic E-state index is 12.2. The number of ether oxygens (including phenoxy) is 1. The van der Waals surface area contributed by atoms with Gasteiger partial charge >= 0.3 is 0 Å². The van der Waals surface area contributed by atoms with E-state index in [2.05, 4.69) is 33.0 Å². The summed E-state index contributed by atoms with van der Waals surface area (Å²) in [4.78, 5) is 0.403. The number of nitrogens with one attached hydrogen (secondary N) is 1. The number of sulfone groups is 1. The molecule has 0 spiro atoms. The lowest BCUT2D eigenvalue weighted by Crippen LogP contribution is -2.43. The van der Waals surface area contributed by atoms with E-state index in [9.17, 15) is 8.42 Å². The topological polar surface area (TPSA) is 55.4 Å². The molecule has 5 heteroatoms. The molecule has 1 atom stereocenters. The third kappa shape index (κ3) is 4.31. The maximum Gasteiger partial charge on any atom is 0.178 e. The van der Waals surface area contributed by atoms with E-state index in [4.69, 9.17) is 4.74 Å². The Labute approximate surface area is 134 Å². The summed E-state index contributed by atoms with van der Waals surface area (Å²) in [7, 11) is -3.18. The van der Waals surface area contributed by atoms with Gasteiger partial charge in [0, 0.05) is 6.04 Å². The molecule has 2 rings (SSSR count). The number of rotatable bonds is 6. The average Bonchev–Trinajstić information content (AvgIpc) is 2.63. The zero-order chi connectivity index (χ0) is 16.4. The molecule has 1 heterocycles. The van der Waals surface area contributed by atoms with Crippen molar-refractivity contribution in [3.05, 3.63) is 30.3 Å². The van der Waals surface area contributed by atoms with Crippen LogP contribution >= 0.6 is 0 Å². The molecular formula is C17H27NO3S. The predicted molar refractivity (Wildman–Crippen MR) is 88.8 cm³/mol. The summed E-state index contributed by atoms with van der Waals surface area (Å²) in [6.07, 6.45) is 1.54. The third-order valence-corrected chi connectivity index (χ3v) is 5.97. The van der Waals surface area contributed by atoms with Gasteiger partial charge in [0.05, 0.1) is 21.9 Å². The SMILES string of the molecule is CC1(C)CC(NCCCS(=O)(=O)c2ccccc2)C(C)(C)O1. The van der Waals surface area contributed by atoms with Crippen molar-refractivity contribution < 1.29 is 13.2 Å². The van der Waals surface area contributed by atoms with Crippen molar-refractivity contribution in [1.29, 1.82) is 0 Å². The standard InChI is InChI=1S/C17H27NO3S/c1-16(2)13-15(17(3,4)21-16)18-11-8-12-22(19,20)14-9-6-5-7-10-14/h5-7,9-10,15,18H,8,11-13H2,1-4H3. The predicted octanol–water partition coefficient (Wildman–Crippen LogP) is 2.79. The van der Waals surface area contributed by atoms with E-state index < -0.39 is 9.84 Å². The van der Waals surface area contributed by atoms with Crippen LogP contribution in [0.15, 0.2) is 35.2 Å². The van der Waals surface area contributed by atoms with E-state index in [1.54, 1.807) is 24.3 Å². The summed E-state index contributed by atoms with van der Waals surface area (Å²) in [5.74, 6) is 0.168. The van der Waals surface area contributed by atoms with Crippen molar-refractivity contribution >= 4 is 9.84 Å². The highest BCUT2D eigenvalue weighted by molar-refractivity contribution is 7.91. The fourth-order valence-electron chi connectivity index (χ4n) is 3.16. The molecule has 4 nitrogen and oxygen atoms in total. The molecule has 22 heavy (non-hydrogen) atoms. The smallest absolute Gasteiger partial charge is 0.178 e. The van der Waals surface area contributed by atoms with Crippen LogP contribution in [0.3, 0.4) is 0 Å². The summed E-state index contributed by atoms with van der Waals surface area (Å²) >= 11 is 0. The molecular weight excluding hydrogens is 298 g/mol. The van der Waals surface area contributed by atoms with Crippen LogP contribution in [0.4, 0.5) is 0 Å². The third-order valence-electron chi connectivity index (χ3n) is 4.16. The normalized spacial score (nSPS) is 23.5. The van der Waals surface area contributed by atoms with Gasteiger partial charge in [-0.25, -0.2) is 8.42 Å². The van der Waals surface area contributed by atoms with Crippen LogP contribution < -0.4 is 5.32 Å². The summed E-state index contributed by atoms with van der Waals surface area (Å²) < 4.78 is 30.4. The van der Waals surface area contributed by atoms with Crippen LogP contribution in [0.25, 0.3) is 0 Å². The van der Waals surface area contributed by atoms with E-state index in [0.717, 1.165) is 6.42 Å². The van der Waals surface area contributed by atoms with E-state index in [0.29, 0.717) is 17.9 Å². The van der Waals surface area contributed by atoms with Gasteiger partial charge in [0.15, 0.2) is 9.84 Å². The highest BCUT2D eigenvalue weighted by atomic mass is 32.2. The molecule has 0 saturated carbocycles. The molecule has 1 saturated heterocycles. The molecule has 1 unspecified atom stereocenters. The number of hydrogen-bond donors (Lipinski definition) is 1. The largest absolute Gasteiger partial charge is 0.368 e. The Morgan fingerprint density at radius 2 is 1.82 bits per heavy atom. The minimum absolute atomic E-state index is 0.128. The lowest BCUT2D eigenvalue weighted by Gasteiger charge is -2.27. The lowest BCUT2D eigenvalue weighted by atomic mass is 9.94. The van der Waals surface area contributed by atoms with Crippen LogP contribution in [0, 0.1) is 0 Å². The Bertz CT molecular complexity index is 594. The first-order valence-corrected chi connectivity index (χ1v) is 9.49. The quantitative estimate of drug-likeness (QED) is 0.817. The Morgan fingerprint density at radius 3 is 2.36 bits per heavy atom. The lowest BCUT2D eigenvalue weighted by molar-refractivity contribution is -0.0697. The molecule has 0 aromatic heterocycles. The van der Waals surface area contributed by atoms with Crippen LogP contribution in [-0.4, -0.2) is 38.0 Å². The minimum Gasteiger partial charge on any atom is -0.368 e. The van der Waals surface area contributed by atoms with Crippen molar-refractivity contribution in [1.82, 2.24) is 5.32 Å². The molecule has 0 aliphatic carbocycles. The van der Waals surface area contributed by atoms with Crippen molar-refractivity contribution in [2.45, 2.75) is 62.7 Å². The summed E-state index contributed by atoms with van der Waals surface area (Å²) in [5.41, 5.74) is -0.348. The minimum atomic E-state index is -3.18. The van der Waals surface area contributed by atoms with E-state index in [-0.39, 0.29) is 23.0 Å². The monoisotopic (exact) mass is 325 g/mol. The molecule has 1 N–H and O–H groups in total. The molecule has 0 radical (unpaired) electrons. The van der Waals surface area contributed by atoms with Gasteiger partial charge in [-0.05, 0) is 59.2 Å². The van der Waals surface area contributed by atoms with Crippen molar-refractivity contribution in [2.75, 3.05) is 12.3 Å². The first-order valence-electron chi connectivity index (χ1n) is 7.84. The molecule has 1 fully saturated rings. The van der Waals surface area contributed by atoms with Crippen LogP contribution in [0.1, 0.15) is 40.5 Å². The molecule has 124 valence electrons. The van der Waals surface area contributed by atoms with Gasteiger partial charge in [-0.3, -0.25) is 0 Å².